The maximum atomic E-state index is 13.8. The van der Waals surface area contributed by atoms with Gasteiger partial charge in [-0.05, 0) is 54.9 Å². The Labute approximate surface area is 321 Å². The van der Waals surface area contributed by atoms with Crippen LogP contribution >= 0.6 is 11.3 Å². The van der Waals surface area contributed by atoms with E-state index in [9.17, 15) is 24.3 Å². The highest BCUT2D eigenvalue weighted by Crippen LogP contribution is 2.35. The van der Waals surface area contributed by atoms with Crippen molar-refractivity contribution in [2.45, 2.75) is 63.2 Å². The summed E-state index contributed by atoms with van der Waals surface area (Å²) in [6.07, 6.45) is 5.09. The van der Waals surface area contributed by atoms with E-state index in [1.165, 1.54) is 25.5 Å². The molecule has 4 atom stereocenters. The number of imidazole rings is 2. The van der Waals surface area contributed by atoms with Crippen LogP contribution in [-0.2, 0) is 20.7 Å². The molecular weight excluding hydrogens is 723 g/mol. The van der Waals surface area contributed by atoms with E-state index in [-0.39, 0.29) is 30.3 Å². The summed E-state index contributed by atoms with van der Waals surface area (Å²) in [5.41, 5.74) is 8.02. The van der Waals surface area contributed by atoms with Gasteiger partial charge in [-0.2, -0.15) is 0 Å². The monoisotopic (exact) mass is 765 g/mol. The third-order valence-electron chi connectivity index (χ3n) is 10.4. The molecule has 2 saturated heterocycles. The smallest absolute Gasteiger partial charge is 0.407 e. The van der Waals surface area contributed by atoms with E-state index in [0.29, 0.717) is 30.4 Å². The quantitative estimate of drug-likeness (QED) is 0.127. The summed E-state index contributed by atoms with van der Waals surface area (Å²) >= 11 is 1.41. The Morgan fingerprint density at radius 1 is 0.855 bits per heavy atom. The van der Waals surface area contributed by atoms with Crippen molar-refractivity contribution < 1.29 is 29.0 Å². The topological polar surface area (TPSA) is 190 Å². The Balaban J connectivity index is 1.00. The van der Waals surface area contributed by atoms with Gasteiger partial charge in [-0.3, -0.25) is 14.5 Å². The highest BCUT2D eigenvalue weighted by atomic mass is 32.1. The predicted octanol–water partition coefficient (Wildman–Crippen LogP) is 5.88. The van der Waals surface area contributed by atoms with Gasteiger partial charge in [0.15, 0.2) is 0 Å². The summed E-state index contributed by atoms with van der Waals surface area (Å²) < 4.78 is 4.64. The number of likely N-dealkylation sites (N-methyl/N-ethyl adjacent to an activating group) is 1. The van der Waals surface area contributed by atoms with Gasteiger partial charge in [0, 0.05) is 31.9 Å². The van der Waals surface area contributed by atoms with E-state index in [4.69, 9.17) is 0 Å². The molecule has 286 valence electrons. The minimum atomic E-state index is -1.17. The van der Waals surface area contributed by atoms with Gasteiger partial charge in [-0.1, -0.05) is 48.5 Å². The fourth-order valence-electron chi connectivity index (χ4n) is 7.42. The second kappa shape index (κ2) is 16.1. The molecule has 55 heavy (non-hydrogen) atoms. The van der Waals surface area contributed by atoms with Crippen LogP contribution in [-0.4, -0.2) is 108 Å². The van der Waals surface area contributed by atoms with Gasteiger partial charge in [0.25, 0.3) is 0 Å². The normalized spacial score (nSPS) is 17.9. The molecule has 0 saturated carbocycles. The van der Waals surface area contributed by atoms with Gasteiger partial charge in [-0.15, -0.1) is 11.3 Å². The number of likely N-dealkylation sites (tertiary alicyclic amines) is 2. The Morgan fingerprint density at radius 2 is 1.36 bits per heavy atom. The number of hydrogen-bond acceptors (Lipinski definition) is 9. The van der Waals surface area contributed by atoms with Crippen molar-refractivity contribution in [2.75, 3.05) is 27.2 Å². The SMILES string of the molecule is COC(=O)N[C@@H](C)C(=O)N1CCC[C@H]1c1ncc(-c2ccc(-c3ccc(-c4cnc([C@@H]5CCCN5C(=O)[C@H](Cc5cscn5)N(C)C(=O)O)[nH]4)cc3)cc2)[nH]1. The molecule has 3 aromatic heterocycles. The number of amides is 4. The van der Waals surface area contributed by atoms with Crippen molar-refractivity contribution in [1.82, 2.24) is 44.9 Å². The van der Waals surface area contributed by atoms with E-state index >= 15 is 0 Å². The number of carboxylic acid groups (broad SMARTS) is 1. The standard InChI is InChI=1S/C39H43N9O6S/c1-23(43-38(51)54-3)36(49)47-16-4-6-31(47)34-40-19-29(44-34)26-12-8-24(9-13-26)25-10-14-27(15-11-25)30-20-41-35(45-30)32-7-5-17-48(32)37(50)33(46(2)39(52)53)18-28-21-55-22-42-28/h8-15,19-23,31-33H,4-7,16-18H2,1-3H3,(H,40,44)(H,41,45)(H,43,51)(H,52,53)/t23-,31-,32-,33-/m0/s1. The Morgan fingerprint density at radius 3 is 1.84 bits per heavy atom. The average Bonchev–Trinajstić information content (AvgIpc) is 4.05. The maximum Gasteiger partial charge on any atom is 0.407 e. The van der Waals surface area contributed by atoms with Crippen molar-refractivity contribution in [3.63, 3.8) is 0 Å². The third-order valence-corrected chi connectivity index (χ3v) is 11.1. The van der Waals surface area contributed by atoms with Crippen molar-refractivity contribution in [3.05, 3.63) is 89.2 Å². The number of aromatic amines is 2. The molecule has 2 aliphatic rings. The van der Waals surface area contributed by atoms with E-state index in [0.717, 1.165) is 64.2 Å². The zero-order chi connectivity index (χ0) is 38.6. The van der Waals surface area contributed by atoms with E-state index in [1.54, 1.807) is 34.6 Å². The number of carbonyl (C=O) groups is 4. The Kier molecular flexibility index (Phi) is 10.9. The number of aromatic nitrogens is 5. The summed E-state index contributed by atoms with van der Waals surface area (Å²) in [7, 11) is 2.69. The molecule has 0 radical (unpaired) electrons. The number of H-pyrrole nitrogens is 2. The molecule has 16 heteroatoms. The number of alkyl carbamates (subject to hydrolysis) is 1. The van der Waals surface area contributed by atoms with Crippen molar-refractivity contribution in [2.24, 2.45) is 0 Å². The van der Waals surface area contributed by atoms with E-state index in [2.05, 4.69) is 59.2 Å². The van der Waals surface area contributed by atoms with Crippen molar-refractivity contribution in [3.8, 4) is 33.6 Å². The predicted molar refractivity (Wildman–Crippen MR) is 205 cm³/mol. The molecule has 5 heterocycles. The number of methoxy groups -OCH3 is 1. The number of nitrogens with zero attached hydrogens (tertiary/aromatic N) is 6. The highest BCUT2D eigenvalue weighted by molar-refractivity contribution is 7.07. The molecule has 15 nitrogen and oxygen atoms in total. The molecule has 2 aromatic carbocycles. The number of hydrogen-bond donors (Lipinski definition) is 4. The fourth-order valence-corrected chi connectivity index (χ4v) is 7.99. The van der Waals surface area contributed by atoms with Gasteiger partial charge in [0.2, 0.25) is 11.8 Å². The van der Waals surface area contributed by atoms with Gasteiger partial charge in [-0.25, -0.2) is 24.5 Å². The maximum absolute atomic E-state index is 13.8. The lowest BCUT2D eigenvalue weighted by molar-refractivity contribution is -0.137. The lowest BCUT2D eigenvalue weighted by Gasteiger charge is -2.31. The molecule has 0 aliphatic carbocycles. The minimum absolute atomic E-state index is 0.180. The van der Waals surface area contributed by atoms with E-state index in [1.807, 2.05) is 29.6 Å². The van der Waals surface area contributed by atoms with Crippen LogP contribution in [0.25, 0.3) is 33.6 Å². The first-order valence-corrected chi connectivity index (χ1v) is 19.1. The first kappa shape index (κ1) is 37.3. The van der Waals surface area contributed by atoms with Crippen LogP contribution in [0.5, 0.6) is 0 Å². The number of benzene rings is 2. The van der Waals surface area contributed by atoms with Crippen LogP contribution in [0.15, 0.2) is 71.8 Å². The molecule has 0 unspecified atom stereocenters. The summed E-state index contributed by atoms with van der Waals surface area (Å²) in [6, 6.07) is 14.2. The van der Waals surface area contributed by atoms with Crippen molar-refractivity contribution >= 4 is 35.3 Å². The Hall–Kier alpha value is -6.03. The summed E-state index contributed by atoms with van der Waals surface area (Å²) in [5.74, 6) is 0.947. The zero-order valence-electron chi connectivity index (χ0n) is 30.8. The largest absolute Gasteiger partial charge is 0.465 e. The van der Waals surface area contributed by atoms with Gasteiger partial charge >= 0.3 is 12.2 Å². The van der Waals surface area contributed by atoms with Crippen LogP contribution in [0.1, 0.15) is 62.0 Å². The summed E-state index contributed by atoms with van der Waals surface area (Å²) in [5, 5.41) is 14.1. The molecule has 7 rings (SSSR count). The van der Waals surface area contributed by atoms with E-state index < -0.39 is 24.3 Å². The number of nitrogens with one attached hydrogen (secondary N) is 3. The number of ether oxygens (including phenoxy) is 1. The number of carbonyl (C=O) groups excluding carboxylic acids is 3. The van der Waals surface area contributed by atoms with Crippen LogP contribution in [0.2, 0.25) is 0 Å². The first-order chi connectivity index (χ1) is 26.6. The van der Waals surface area contributed by atoms with Gasteiger partial charge < -0.3 is 34.9 Å². The van der Waals surface area contributed by atoms with Gasteiger partial charge in [0.1, 0.15) is 23.7 Å². The summed E-state index contributed by atoms with van der Waals surface area (Å²) in [4.78, 5) is 75.4. The Bertz CT molecular complexity index is 2130. The minimum Gasteiger partial charge on any atom is -0.465 e. The lowest BCUT2D eigenvalue weighted by atomic mass is 10.0. The van der Waals surface area contributed by atoms with Crippen LogP contribution in [0, 0.1) is 0 Å². The molecule has 2 aliphatic heterocycles. The average molecular weight is 766 g/mol. The van der Waals surface area contributed by atoms with Crippen LogP contribution in [0.3, 0.4) is 0 Å². The second-order valence-corrected chi connectivity index (χ2v) is 14.6. The summed E-state index contributed by atoms with van der Waals surface area (Å²) in [6.45, 7) is 2.76. The van der Waals surface area contributed by atoms with Crippen LogP contribution in [0.4, 0.5) is 9.59 Å². The first-order valence-electron chi connectivity index (χ1n) is 18.2. The third kappa shape index (κ3) is 7.94. The van der Waals surface area contributed by atoms with Gasteiger partial charge in [0.05, 0.1) is 54.2 Å². The molecule has 0 bridgehead atoms. The zero-order valence-corrected chi connectivity index (χ0v) is 31.6. The van der Waals surface area contributed by atoms with Crippen LogP contribution < -0.4 is 5.32 Å². The molecule has 5 aromatic rings. The second-order valence-electron chi connectivity index (χ2n) is 13.8. The molecule has 2 fully saturated rings. The molecule has 4 N–H and O–H groups in total. The lowest BCUT2D eigenvalue weighted by Crippen LogP contribution is -2.50. The highest BCUT2D eigenvalue weighted by Gasteiger charge is 2.39. The fraction of sp³-hybridized carbons (Fsp3) is 0.359. The number of thiazole rings is 1. The molecule has 0 spiro atoms. The van der Waals surface area contributed by atoms with Crippen molar-refractivity contribution in [1.29, 1.82) is 0 Å². The molecular formula is C39H43N9O6S. The number of rotatable bonds is 11. The molecule has 4 amide bonds.